The third-order valence-corrected chi connectivity index (χ3v) is 2.91. The maximum atomic E-state index is 11.5. The van der Waals surface area contributed by atoms with E-state index in [0.29, 0.717) is 12.1 Å². The summed E-state index contributed by atoms with van der Waals surface area (Å²) in [5.74, 6) is -0.452. The molecule has 0 fully saturated rings. The summed E-state index contributed by atoms with van der Waals surface area (Å²) in [7, 11) is 0. The van der Waals surface area contributed by atoms with E-state index in [1.807, 2.05) is 30.3 Å². The van der Waals surface area contributed by atoms with E-state index in [9.17, 15) is 9.59 Å². The third kappa shape index (κ3) is 4.12. The highest BCUT2D eigenvalue weighted by molar-refractivity contribution is 5.90. The summed E-state index contributed by atoms with van der Waals surface area (Å²) in [5.41, 5.74) is 1.68. The van der Waals surface area contributed by atoms with Gasteiger partial charge in [-0.2, -0.15) is 0 Å². The second-order valence-electron chi connectivity index (χ2n) is 4.54. The van der Waals surface area contributed by atoms with Gasteiger partial charge in [0.15, 0.2) is 0 Å². The highest BCUT2D eigenvalue weighted by Crippen LogP contribution is 2.13. The molecule has 0 saturated carbocycles. The first-order chi connectivity index (χ1) is 9.65. The lowest BCUT2D eigenvalue weighted by Crippen LogP contribution is -2.29. The van der Waals surface area contributed by atoms with E-state index < -0.39 is 18.4 Å². The van der Waals surface area contributed by atoms with Gasteiger partial charge in [-0.3, -0.25) is 0 Å². The van der Waals surface area contributed by atoms with Gasteiger partial charge in [-0.05, 0) is 25.3 Å². The molecule has 1 aliphatic rings. The second-order valence-corrected chi connectivity index (χ2v) is 4.54. The SMILES string of the molecule is CC1=CC(OC(=O)NCCCc2ccccc2)OC1=O. The van der Waals surface area contributed by atoms with Crippen molar-refractivity contribution >= 4 is 12.1 Å². The number of benzene rings is 1. The van der Waals surface area contributed by atoms with Gasteiger partial charge in [0.25, 0.3) is 6.29 Å². The van der Waals surface area contributed by atoms with E-state index in [2.05, 4.69) is 5.32 Å². The fraction of sp³-hybridized carbons (Fsp3) is 0.333. The molecule has 1 aromatic rings. The number of carbonyl (C=O) groups is 2. The molecular formula is C15H17NO4. The number of aryl methyl sites for hydroxylation is 1. The van der Waals surface area contributed by atoms with Crippen LogP contribution in [0, 0.1) is 0 Å². The molecule has 1 atom stereocenters. The third-order valence-electron chi connectivity index (χ3n) is 2.91. The Morgan fingerprint density at radius 2 is 2.10 bits per heavy atom. The van der Waals surface area contributed by atoms with Gasteiger partial charge in [-0.1, -0.05) is 30.3 Å². The molecule has 1 heterocycles. The first-order valence-corrected chi connectivity index (χ1v) is 6.53. The Balaban J connectivity index is 1.63. The lowest BCUT2D eigenvalue weighted by molar-refractivity contribution is -0.151. The van der Waals surface area contributed by atoms with Crippen molar-refractivity contribution in [1.82, 2.24) is 5.32 Å². The lowest BCUT2D eigenvalue weighted by Gasteiger charge is -2.10. The van der Waals surface area contributed by atoms with Crippen LogP contribution in [-0.2, 0) is 20.7 Å². The topological polar surface area (TPSA) is 64.6 Å². The molecule has 1 N–H and O–H groups in total. The van der Waals surface area contributed by atoms with E-state index in [-0.39, 0.29) is 0 Å². The van der Waals surface area contributed by atoms with E-state index in [1.165, 1.54) is 11.6 Å². The van der Waals surface area contributed by atoms with Crippen molar-refractivity contribution in [3.8, 4) is 0 Å². The molecule has 0 saturated heterocycles. The summed E-state index contributed by atoms with van der Waals surface area (Å²) in [6.07, 6.45) is 1.70. The predicted molar refractivity (Wildman–Crippen MR) is 72.9 cm³/mol. The van der Waals surface area contributed by atoms with E-state index in [1.54, 1.807) is 6.92 Å². The number of hydrogen-bond donors (Lipinski definition) is 1. The van der Waals surface area contributed by atoms with Crippen LogP contribution in [0.25, 0.3) is 0 Å². The number of esters is 1. The fourth-order valence-corrected chi connectivity index (χ4v) is 1.84. The summed E-state index contributed by atoms with van der Waals surface area (Å²) in [6, 6.07) is 10.0. The first kappa shape index (κ1) is 14.1. The summed E-state index contributed by atoms with van der Waals surface area (Å²) in [4.78, 5) is 22.6. The quantitative estimate of drug-likeness (QED) is 0.660. The standard InChI is InChI=1S/C15H17NO4/c1-11-10-13(19-14(11)17)20-15(18)16-9-5-8-12-6-3-2-4-7-12/h2-4,6-7,10,13H,5,8-9H2,1H3,(H,16,18). The van der Waals surface area contributed by atoms with Crippen LogP contribution in [0.3, 0.4) is 0 Å². The molecule has 106 valence electrons. The van der Waals surface area contributed by atoms with Gasteiger partial charge in [-0.15, -0.1) is 0 Å². The Labute approximate surface area is 117 Å². The Hall–Kier alpha value is -2.30. The smallest absolute Gasteiger partial charge is 0.410 e. The van der Waals surface area contributed by atoms with Crippen molar-refractivity contribution in [2.75, 3.05) is 6.54 Å². The van der Waals surface area contributed by atoms with Gasteiger partial charge in [0, 0.05) is 18.2 Å². The molecule has 20 heavy (non-hydrogen) atoms. The number of alkyl carbamates (subject to hydrolysis) is 1. The Bertz CT molecular complexity index is 510. The number of nitrogens with one attached hydrogen (secondary N) is 1. The largest absolute Gasteiger partial charge is 0.418 e. The summed E-state index contributed by atoms with van der Waals surface area (Å²) < 4.78 is 9.74. The Morgan fingerprint density at radius 1 is 1.35 bits per heavy atom. The molecule has 1 amide bonds. The van der Waals surface area contributed by atoms with Gasteiger partial charge < -0.3 is 14.8 Å². The first-order valence-electron chi connectivity index (χ1n) is 6.53. The monoisotopic (exact) mass is 275 g/mol. The van der Waals surface area contributed by atoms with Crippen LogP contribution < -0.4 is 5.32 Å². The molecule has 2 rings (SSSR count). The molecule has 1 aliphatic heterocycles. The van der Waals surface area contributed by atoms with Crippen LogP contribution in [0.15, 0.2) is 42.0 Å². The van der Waals surface area contributed by atoms with Crippen molar-refractivity contribution in [3.63, 3.8) is 0 Å². The van der Waals surface area contributed by atoms with Crippen molar-refractivity contribution < 1.29 is 19.1 Å². The molecule has 1 aromatic carbocycles. The highest BCUT2D eigenvalue weighted by Gasteiger charge is 2.25. The highest BCUT2D eigenvalue weighted by atomic mass is 16.7. The number of ether oxygens (including phenoxy) is 2. The average molecular weight is 275 g/mol. The van der Waals surface area contributed by atoms with Crippen LogP contribution in [0.2, 0.25) is 0 Å². The van der Waals surface area contributed by atoms with Gasteiger partial charge in [0.2, 0.25) is 0 Å². The van der Waals surface area contributed by atoms with E-state index in [0.717, 1.165) is 12.8 Å². The van der Waals surface area contributed by atoms with Gasteiger partial charge in [-0.25, -0.2) is 9.59 Å². The molecule has 0 aliphatic carbocycles. The van der Waals surface area contributed by atoms with Crippen molar-refractivity contribution in [1.29, 1.82) is 0 Å². The average Bonchev–Trinajstić information content (AvgIpc) is 2.74. The van der Waals surface area contributed by atoms with Crippen LogP contribution >= 0.6 is 0 Å². The molecule has 0 radical (unpaired) electrons. The van der Waals surface area contributed by atoms with Gasteiger partial charge >= 0.3 is 12.1 Å². The minimum absolute atomic E-state index is 0.451. The normalized spacial score (nSPS) is 17.4. The van der Waals surface area contributed by atoms with Crippen molar-refractivity contribution in [3.05, 3.63) is 47.5 Å². The number of carbonyl (C=O) groups excluding carboxylic acids is 2. The van der Waals surface area contributed by atoms with Crippen LogP contribution in [0.4, 0.5) is 4.79 Å². The van der Waals surface area contributed by atoms with Gasteiger partial charge in [0.05, 0.1) is 0 Å². The minimum Gasteiger partial charge on any atom is -0.418 e. The van der Waals surface area contributed by atoms with Crippen molar-refractivity contribution in [2.45, 2.75) is 26.1 Å². The summed E-state index contributed by atoms with van der Waals surface area (Å²) in [6.45, 7) is 2.13. The van der Waals surface area contributed by atoms with Crippen LogP contribution in [0.5, 0.6) is 0 Å². The molecule has 0 bridgehead atoms. The zero-order chi connectivity index (χ0) is 14.4. The van der Waals surface area contributed by atoms with Crippen LogP contribution in [0.1, 0.15) is 18.9 Å². The maximum absolute atomic E-state index is 11.5. The summed E-state index contributed by atoms with van der Waals surface area (Å²) >= 11 is 0. The predicted octanol–water partition coefficient (Wildman–Crippen LogP) is 2.17. The van der Waals surface area contributed by atoms with Crippen molar-refractivity contribution in [2.24, 2.45) is 0 Å². The minimum atomic E-state index is -0.906. The number of amides is 1. The Morgan fingerprint density at radius 3 is 2.75 bits per heavy atom. The zero-order valence-electron chi connectivity index (χ0n) is 11.3. The molecule has 1 unspecified atom stereocenters. The van der Waals surface area contributed by atoms with Gasteiger partial charge in [0.1, 0.15) is 0 Å². The number of rotatable bonds is 5. The lowest BCUT2D eigenvalue weighted by atomic mass is 10.1. The van der Waals surface area contributed by atoms with Crippen LogP contribution in [-0.4, -0.2) is 24.9 Å². The molecule has 0 spiro atoms. The van der Waals surface area contributed by atoms with E-state index >= 15 is 0 Å². The molecule has 5 nitrogen and oxygen atoms in total. The summed E-state index contributed by atoms with van der Waals surface area (Å²) in [5, 5.41) is 2.63. The maximum Gasteiger partial charge on any atom is 0.410 e. The molecule has 0 aromatic heterocycles. The number of hydrogen-bond acceptors (Lipinski definition) is 4. The zero-order valence-corrected chi connectivity index (χ0v) is 11.3. The van der Waals surface area contributed by atoms with E-state index in [4.69, 9.17) is 9.47 Å². The molecule has 5 heteroatoms. The second kappa shape index (κ2) is 6.75. The Kier molecular flexibility index (Phi) is 4.76. The molecular weight excluding hydrogens is 258 g/mol. The fourth-order valence-electron chi connectivity index (χ4n) is 1.84. The number of cyclic esters (lactones) is 1.